The average Bonchev–Trinajstić information content (AvgIpc) is 2.81. The third kappa shape index (κ3) is 5.28. The van der Waals surface area contributed by atoms with Gasteiger partial charge in [-0.15, -0.1) is 0 Å². The Morgan fingerprint density at radius 2 is 1.45 bits per heavy atom. The van der Waals surface area contributed by atoms with Crippen LogP contribution in [0.3, 0.4) is 0 Å². The fourth-order valence-corrected chi connectivity index (χ4v) is 6.06. The summed E-state index contributed by atoms with van der Waals surface area (Å²) in [5.41, 5.74) is 4.43. The van der Waals surface area contributed by atoms with Crippen LogP contribution in [0.1, 0.15) is 64.9 Å². The van der Waals surface area contributed by atoms with Crippen LogP contribution in [0.2, 0.25) is 5.02 Å². The van der Waals surface area contributed by atoms with Gasteiger partial charge in [-0.3, -0.25) is 14.4 Å². The summed E-state index contributed by atoms with van der Waals surface area (Å²) >= 11 is 6.11. The van der Waals surface area contributed by atoms with Crippen LogP contribution in [0.25, 0.3) is 0 Å². The normalized spacial score (nSPS) is 20.4. The molecule has 2 aliphatic carbocycles. The summed E-state index contributed by atoms with van der Waals surface area (Å²) in [6.07, 6.45) is 2.43. The van der Waals surface area contributed by atoms with E-state index in [0.717, 1.165) is 29.8 Å². The number of carbonyl (C=O) groups is 3. The molecule has 1 heterocycles. The second-order valence-corrected chi connectivity index (χ2v) is 12.5. The lowest BCUT2D eigenvalue weighted by Crippen LogP contribution is -2.42. The molecule has 38 heavy (non-hydrogen) atoms. The number of hydrogen-bond acceptors (Lipinski definition) is 5. The fraction of sp³-hybridized carbons (Fsp3) is 0.387. The summed E-state index contributed by atoms with van der Waals surface area (Å²) < 4.78 is 5.71. The highest BCUT2D eigenvalue weighted by Gasteiger charge is 2.46. The Hall–Kier alpha value is -3.38. The van der Waals surface area contributed by atoms with E-state index >= 15 is 0 Å². The molecule has 198 valence electrons. The smallest absolute Gasteiger partial charge is 0.262 e. The zero-order valence-electron chi connectivity index (χ0n) is 22.2. The molecule has 0 spiro atoms. The largest absolute Gasteiger partial charge is 0.484 e. The Balaban J connectivity index is 1.40. The number of benzene rings is 2. The summed E-state index contributed by atoms with van der Waals surface area (Å²) in [6, 6.07) is 14.4. The minimum atomic E-state index is -0.397. The number of nitrogens with one attached hydrogen (secondary N) is 2. The first-order valence-electron chi connectivity index (χ1n) is 13.0. The third-order valence-electron chi connectivity index (χ3n) is 7.45. The van der Waals surface area contributed by atoms with E-state index in [1.54, 1.807) is 36.4 Å². The molecule has 0 unspecified atom stereocenters. The lowest BCUT2D eigenvalue weighted by Gasteiger charge is -2.44. The van der Waals surface area contributed by atoms with Gasteiger partial charge in [-0.05, 0) is 53.5 Å². The van der Waals surface area contributed by atoms with Gasteiger partial charge in [-0.1, -0.05) is 63.6 Å². The molecule has 1 aliphatic heterocycles. The Kier molecular flexibility index (Phi) is 6.72. The van der Waals surface area contributed by atoms with Crippen LogP contribution in [0.5, 0.6) is 5.75 Å². The van der Waals surface area contributed by atoms with E-state index in [-0.39, 0.29) is 34.9 Å². The molecule has 0 atom stereocenters. The van der Waals surface area contributed by atoms with Crippen LogP contribution in [-0.4, -0.2) is 24.1 Å². The van der Waals surface area contributed by atoms with Gasteiger partial charge in [-0.2, -0.15) is 0 Å². The molecule has 0 bridgehead atoms. The van der Waals surface area contributed by atoms with Crippen molar-refractivity contribution >= 4 is 34.8 Å². The third-order valence-corrected chi connectivity index (χ3v) is 7.78. The number of ketones is 2. The molecule has 5 rings (SSSR count). The molecule has 1 amide bonds. The van der Waals surface area contributed by atoms with Crippen LogP contribution in [0, 0.1) is 10.8 Å². The summed E-state index contributed by atoms with van der Waals surface area (Å²) in [5.74, 6) is -0.0152. The number of carbonyl (C=O) groups excluding carboxylic acids is 3. The van der Waals surface area contributed by atoms with Crippen LogP contribution >= 0.6 is 11.6 Å². The Morgan fingerprint density at radius 3 is 2.00 bits per heavy atom. The lowest BCUT2D eigenvalue weighted by molar-refractivity contribution is -0.119. The van der Waals surface area contributed by atoms with Gasteiger partial charge in [0.15, 0.2) is 18.2 Å². The quantitative estimate of drug-likeness (QED) is 0.470. The zero-order chi connectivity index (χ0) is 27.2. The monoisotopic (exact) mass is 532 g/mol. The molecular formula is C31H33ClN2O4. The van der Waals surface area contributed by atoms with Gasteiger partial charge < -0.3 is 15.4 Å². The van der Waals surface area contributed by atoms with Crippen molar-refractivity contribution in [2.24, 2.45) is 10.8 Å². The number of para-hydroxylation sites is 1. The van der Waals surface area contributed by atoms with Gasteiger partial charge in [0, 0.05) is 41.3 Å². The van der Waals surface area contributed by atoms with Gasteiger partial charge in [0.25, 0.3) is 5.91 Å². The Labute approximate surface area is 228 Å². The maximum absolute atomic E-state index is 13.4. The number of rotatable bonds is 5. The van der Waals surface area contributed by atoms with E-state index in [1.807, 2.05) is 12.1 Å². The van der Waals surface area contributed by atoms with Crippen molar-refractivity contribution in [3.8, 4) is 5.75 Å². The maximum Gasteiger partial charge on any atom is 0.262 e. The van der Waals surface area contributed by atoms with Crippen molar-refractivity contribution in [1.29, 1.82) is 0 Å². The highest BCUT2D eigenvalue weighted by atomic mass is 35.5. The number of amides is 1. The molecule has 0 radical (unpaired) electrons. The molecule has 3 aliphatic rings. The molecule has 2 N–H and O–H groups in total. The summed E-state index contributed by atoms with van der Waals surface area (Å²) in [4.78, 5) is 39.2. The molecule has 0 fully saturated rings. The molecule has 0 aromatic heterocycles. The summed E-state index contributed by atoms with van der Waals surface area (Å²) in [5, 5.41) is 6.73. The topological polar surface area (TPSA) is 84.5 Å². The van der Waals surface area contributed by atoms with E-state index < -0.39 is 5.92 Å². The molecule has 0 saturated carbocycles. The highest BCUT2D eigenvalue weighted by Crippen LogP contribution is 2.51. The second kappa shape index (κ2) is 9.73. The number of halogens is 1. The summed E-state index contributed by atoms with van der Waals surface area (Å²) in [7, 11) is 0. The SMILES string of the molecule is CC1(C)CC(=O)C2=C(C1)NC1=C(C(=O)CC(C)(C)C1)C2c1ccc(OCC(=O)Nc2ccccc2Cl)cc1. The Morgan fingerprint density at radius 1 is 0.895 bits per heavy atom. The molecule has 2 aromatic carbocycles. The minimum Gasteiger partial charge on any atom is -0.484 e. The Bertz CT molecular complexity index is 1330. The second-order valence-electron chi connectivity index (χ2n) is 12.1. The van der Waals surface area contributed by atoms with Gasteiger partial charge in [0.2, 0.25) is 0 Å². The number of hydrogen-bond donors (Lipinski definition) is 2. The van der Waals surface area contributed by atoms with Crippen molar-refractivity contribution in [3.05, 3.63) is 81.7 Å². The van der Waals surface area contributed by atoms with E-state index in [1.165, 1.54) is 0 Å². The van der Waals surface area contributed by atoms with Crippen molar-refractivity contribution in [2.75, 3.05) is 11.9 Å². The van der Waals surface area contributed by atoms with Crippen LogP contribution in [-0.2, 0) is 14.4 Å². The van der Waals surface area contributed by atoms with Crippen LogP contribution in [0.15, 0.2) is 71.1 Å². The van der Waals surface area contributed by atoms with Gasteiger partial charge in [-0.25, -0.2) is 0 Å². The highest BCUT2D eigenvalue weighted by molar-refractivity contribution is 6.33. The van der Waals surface area contributed by atoms with Crippen molar-refractivity contribution in [1.82, 2.24) is 5.32 Å². The van der Waals surface area contributed by atoms with E-state index in [9.17, 15) is 14.4 Å². The number of ether oxygens (including phenoxy) is 1. The number of anilines is 1. The van der Waals surface area contributed by atoms with E-state index in [2.05, 4.69) is 38.3 Å². The predicted octanol–water partition coefficient (Wildman–Crippen LogP) is 6.33. The average molecular weight is 533 g/mol. The van der Waals surface area contributed by atoms with E-state index in [0.29, 0.717) is 40.4 Å². The molecule has 6 nitrogen and oxygen atoms in total. The minimum absolute atomic E-state index is 0.0921. The van der Waals surface area contributed by atoms with Crippen molar-refractivity contribution in [2.45, 2.75) is 59.3 Å². The van der Waals surface area contributed by atoms with Crippen LogP contribution in [0.4, 0.5) is 5.69 Å². The number of dihydropyridines is 1. The zero-order valence-corrected chi connectivity index (χ0v) is 23.0. The number of allylic oxidation sites excluding steroid dienone is 4. The van der Waals surface area contributed by atoms with Crippen LogP contribution < -0.4 is 15.4 Å². The number of Topliss-reactive ketones (excluding diaryl/α,β-unsaturated/α-hetero) is 2. The predicted molar refractivity (Wildman–Crippen MR) is 148 cm³/mol. The molecule has 0 saturated heterocycles. The van der Waals surface area contributed by atoms with Crippen molar-refractivity contribution < 1.29 is 19.1 Å². The first-order chi connectivity index (χ1) is 17.9. The van der Waals surface area contributed by atoms with Gasteiger partial charge in [0.05, 0.1) is 10.7 Å². The van der Waals surface area contributed by atoms with Gasteiger partial charge in [0.1, 0.15) is 5.75 Å². The maximum atomic E-state index is 13.4. The van der Waals surface area contributed by atoms with E-state index in [4.69, 9.17) is 16.3 Å². The van der Waals surface area contributed by atoms with Crippen molar-refractivity contribution in [3.63, 3.8) is 0 Å². The first-order valence-corrected chi connectivity index (χ1v) is 13.4. The molecular weight excluding hydrogens is 500 g/mol. The lowest BCUT2D eigenvalue weighted by atomic mass is 9.64. The summed E-state index contributed by atoms with van der Waals surface area (Å²) in [6.45, 7) is 8.26. The van der Waals surface area contributed by atoms with Gasteiger partial charge >= 0.3 is 0 Å². The fourth-order valence-electron chi connectivity index (χ4n) is 5.88. The first kappa shape index (κ1) is 26.2. The molecule has 7 heteroatoms. The molecule has 2 aromatic rings. The standard InChI is InChI=1S/C31H33ClN2O4/c1-30(2)13-22-28(24(35)15-30)27(29-23(33-22)14-31(3,4)16-25(29)36)18-9-11-19(12-10-18)38-17-26(37)34-21-8-6-5-7-20(21)32/h5-12,27,33H,13-17H2,1-4H3,(H,34,37).